The van der Waals surface area contributed by atoms with Crippen LogP contribution >= 0.6 is 0 Å². The number of benzene rings is 2. The SMILES string of the molecule is COc1ccc(CNc2nccc(Nc3ccc4c(c3)OCO4)n2)cc1OC. The van der Waals surface area contributed by atoms with Gasteiger partial charge in [0.1, 0.15) is 5.82 Å². The molecule has 2 aromatic carbocycles. The van der Waals surface area contributed by atoms with Gasteiger partial charge in [0.25, 0.3) is 0 Å². The minimum Gasteiger partial charge on any atom is -0.493 e. The first-order chi connectivity index (χ1) is 13.7. The molecule has 0 unspecified atom stereocenters. The molecule has 1 aliphatic rings. The molecule has 0 aliphatic carbocycles. The van der Waals surface area contributed by atoms with Crippen LogP contribution in [-0.4, -0.2) is 31.0 Å². The first-order valence-corrected chi connectivity index (χ1v) is 8.69. The van der Waals surface area contributed by atoms with E-state index < -0.39 is 0 Å². The molecule has 3 aromatic rings. The minimum atomic E-state index is 0.247. The van der Waals surface area contributed by atoms with E-state index in [9.17, 15) is 0 Å². The average molecular weight is 380 g/mol. The van der Waals surface area contributed by atoms with Crippen molar-refractivity contribution in [1.29, 1.82) is 0 Å². The smallest absolute Gasteiger partial charge is 0.231 e. The van der Waals surface area contributed by atoms with Crippen LogP contribution in [0.3, 0.4) is 0 Å². The van der Waals surface area contributed by atoms with Gasteiger partial charge in [0.15, 0.2) is 23.0 Å². The monoisotopic (exact) mass is 380 g/mol. The molecule has 0 saturated heterocycles. The van der Waals surface area contributed by atoms with Gasteiger partial charge >= 0.3 is 0 Å². The number of rotatable bonds is 7. The summed E-state index contributed by atoms with van der Waals surface area (Å²) in [6.45, 7) is 0.796. The third kappa shape index (κ3) is 3.85. The molecule has 2 heterocycles. The Morgan fingerprint density at radius 3 is 2.68 bits per heavy atom. The van der Waals surface area contributed by atoms with Crippen LogP contribution in [0.2, 0.25) is 0 Å². The van der Waals surface area contributed by atoms with Gasteiger partial charge in [-0.05, 0) is 35.9 Å². The van der Waals surface area contributed by atoms with Crippen LogP contribution in [0, 0.1) is 0 Å². The van der Waals surface area contributed by atoms with Crippen molar-refractivity contribution >= 4 is 17.5 Å². The van der Waals surface area contributed by atoms with Gasteiger partial charge in [-0.1, -0.05) is 6.07 Å². The number of hydrogen-bond donors (Lipinski definition) is 2. The molecule has 8 heteroatoms. The summed E-state index contributed by atoms with van der Waals surface area (Å²) in [6, 6.07) is 13.2. The Morgan fingerprint density at radius 1 is 0.964 bits per heavy atom. The van der Waals surface area contributed by atoms with E-state index in [1.54, 1.807) is 26.5 Å². The van der Waals surface area contributed by atoms with Crippen LogP contribution in [-0.2, 0) is 6.54 Å². The molecule has 0 saturated carbocycles. The Bertz CT molecular complexity index is 980. The molecule has 4 rings (SSSR count). The molecule has 0 atom stereocenters. The van der Waals surface area contributed by atoms with Gasteiger partial charge in [-0.25, -0.2) is 4.98 Å². The molecule has 0 radical (unpaired) electrons. The Kier molecular flexibility index (Phi) is 5.01. The van der Waals surface area contributed by atoms with E-state index in [-0.39, 0.29) is 6.79 Å². The van der Waals surface area contributed by atoms with Crippen molar-refractivity contribution in [1.82, 2.24) is 9.97 Å². The van der Waals surface area contributed by atoms with Crippen molar-refractivity contribution in [3.8, 4) is 23.0 Å². The molecular weight excluding hydrogens is 360 g/mol. The second-order valence-electron chi connectivity index (χ2n) is 6.00. The summed E-state index contributed by atoms with van der Waals surface area (Å²) in [5.41, 5.74) is 1.88. The van der Waals surface area contributed by atoms with E-state index in [0.717, 1.165) is 17.0 Å². The molecule has 0 spiro atoms. The van der Waals surface area contributed by atoms with Gasteiger partial charge in [-0.3, -0.25) is 0 Å². The van der Waals surface area contributed by atoms with E-state index in [2.05, 4.69) is 20.6 Å². The minimum absolute atomic E-state index is 0.247. The van der Waals surface area contributed by atoms with Gasteiger partial charge in [0.2, 0.25) is 12.7 Å². The number of anilines is 3. The second-order valence-corrected chi connectivity index (χ2v) is 6.00. The predicted octanol–water partition coefficient (Wildman–Crippen LogP) is 3.58. The molecule has 0 bridgehead atoms. The molecule has 144 valence electrons. The summed E-state index contributed by atoms with van der Waals surface area (Å²) in [7, 11) is 3.23. The van der Waals surface area contributed by atoms with Crippen LogP contribution in [0.5, 0.6) is 23.0 Å². The Balaban J connectivity index is 1.42. The van der Waals surface area contributed by atoms with E-state index in [0.29, 0.717) is 35.6 Å². The zero-order valence-corrected chi connectivity index (χ0v) is 15.6. The maximum Gasteiger partial charge on any atom is 0.231 e. The fourth-order valence-electron chi connectivity index (χ4n) is 2.81. The highest BCUT2D eigenvalue weighted by Crippen LogP contribution is 2.35. The van der Waals surface area contributed by atoms with Crippen molar-refractivity contribution in [3.63, 3.8) is 0 Å². The summed E-state index contributed by atoms with van der Waals surface area (Å²) < 4.78 is 21.3. The van der Waals surface area contributed by atoms with Crippen molar-refractivity contribution in [2.75, 3.05) is 31.6 Å². The number of hydrogen-bond acceptors (Lipinski definition) is 8. The largest absolute Gasteiger partial charge is 0.493 e. The highest BCUT2D eigenvalue weighted by Gasteiger charge is 2.13. The van der Waals surface area contributed by atoms with Crippen LogP contribution in [0.25, 0.3) is 0 Å². The topological polar surface area (TPSA) is 86.8 Å². The lowest BCUT2D eigenvalue weighted by molar-refractivity contribution is 0.174. The zero-order chi connectivity index (χ0) is 19.3. The first kappa shape index (κ1) is 17.7. The summed E-state index contributed by atoms with van der Waals surface area (Å²) in [6.07, 6.45) is 1.69. The van der Waals surface area contributed by atoms with Crippen LogP contribution in [0.15, 0.2) is 48.7 Å². The molecule has 0 amide bonds. The number of nitrogens with one attached hydrogen (secondary N) is 2. The van der Waals surface area contributed by atoms with Crippen LogP contribution in [0.1, 0.15) is 5.56 Å². The predicted molar refractivity (Wildman–Crippen MR) is 105 cm³/mol. The van der Waals surface area contributed by atoms with Gasteiger partial charge in [0, 0.05) is 24.5 Å². The quantitative estimate of drug-likeness (QED) is 0.643. The molecule has 1 aromatic heterocycles. The Morgan fingerprint density at radius 2 is 1.82 bits per heavy atom. The van der Waals surface area contributed by atoms with E-state index in [1.807, 2.05) is 36.4 Å². The highest BCUT2D eigenvalue weighted by molar-refractivity contribution is 5.62. The molecule has 0 fully saturated rings. The van der Waals surface area contributed by atoms with Crippen LogP contribution < -0.4 is 29.6 Å². The Hall–Kier alpha value is -3.68. The van der Waals surface area contributed by atoms with Crippen LogP contribution in [0.4, 0.5) is 17.5 Å². The maximum absolute atomic E-state index is 5.40. The molecule has 1 aliphatic heterocycles. The third-order valence-electron chi connectivity index (χ3n) is 4.20. The highest BCUT2D eigenvalue weighted by atomic mass is 16.7. The maximum atomic E-state index is 5.40. The van der Waals surface area contributed by atoms with Gasteiger partial charge in [-0.15, -0.1) is 0 Å². The van der Waals surface area contributed by atoms with Gasteiger partial charge < -0.3 is 29.6 Å². The summed E-state index contributed by atoms with van der Waals surface area (Å²) in [4.78, 5) is 8.76. The lowest BCUT2D eigenvalue weighted by atomic mass is 10.2. The van der Waals surface area contributed by atoms with E-state index in [1.165, 1.54) is 0 Å². The van der Waals surface area contributed by atoms with Gasteiger partial charge in [0.05, 0.1) is 14.2 Å². The lowest BCUT2D eigenvalue weighted by Gasteiger charge is -2.11. The molecule has 28 heavy (non-hydrogen) atoms. The number of methoxy groups -OCH3 is 2. The third-order valence-corrected chi connectivity index (χ3v) is 4.20. The van der Waals surface area contributed by atoms with Crippen molar-refractivity contribution < 1.29 is 18.9 Å². The summed E-state index contributed by atoms with van der Waals surface area (Å²) >= 11 is 0. The Labute approximate surface area is 162 Å². The zero-order valence-electron chi connectivity index (χ0n) is 15.6. The van der Waals surface area contributed by atoms with E-state index >= 15 is 0 Å². The van der Waals surface area contributed by atoms with Crippen molar-refractivity contribution in [3.05, 3.63) is 54.2 Å². The molecule has 8 nitrogen and oxygen atoms in total. The number of nitrogens with zero attached hydrogens (tertiary/aromatic N) is 2. The number of ether oxygens (including phenoxy) is 4. The molecular formula is C20H20N4O4. The van der Waals surface area contributed by atoms with Gasteiger partial charge in [-0.2, -0.15) is 4.98 Å². The molecule has 2 N–H and O–H groups in total. The van der Waals surface area contributed by atoms with Crippen molar-refractivity contribution in [2.24, 2.45) is 0 Å². The normalized spacial score (nSPS) is 11.8. The average Bonchev–Trinajstić information content (AvgIpc) is 3.20. The second kappa shape index (κ2) is 7.91. The lowest BCUT2D eigenvalue weighted by Crippen LogP contribution is -2.05. The first-order valence-electron chi connectivity index (χ1n) is 8.69. The fraction of sp³-hybridized carbons (Fsp3) is 0.200. The standard InChI is InChI=1S/C20H20N4O4/c1-25-15-5-3-13(9-17(15)26-2)11-22-20-21-8-7-19(24-20)23-14-4-6-16-18(10-14)28-12-27-16/h3-10H,11-12H2,1-2H3,(H2,21,22,23,24). The fourth-order valence-corrected chi connectivity index (χ4v) is 2.81. The van der Waals surface area contributed by atoms with Crippen molar-refractivity contribution in [2.45, 2.75) is 6.54 Å². The summed E-state index contributed by atoms with van der Waals surface area (Å²) in [5, 5.41) is 6.46. The number of aromatic nitrogens is 2. The summed E-state index contributed by atoms with van der Waals surface area (Å²) in [5.74, 6) is 4.01. The number of fused-ring (bicyclic) bond motifs is 1. The van der Waals surface area contributed by atoms with E-state index in [4.69, 9.17) is 18.9 Å².